The Bertz CT molecular complexity index is 661. The zero-order valence-corrected chi connectivity index (χ0v) is 12.2. The molecule has 0 spiro atoms. The normalized spacial score (nSPS) is 11.3. The number of benzene rings is 1. The van der Waals surface area contributed by atoms with Crippen LogP contribution in [-0.2, 0) is 11.3 Å². The third kappa shape index (κ3) is 3.21. The summed E-state index contributed by atoms with van der Waals surface area (Å²) in [7, 11) is 0. The third-order valence-corrected chi connectivity index (χ3v) is 3.15. The number of para-hydroxylation sites is 1. The predicted molar refractivity (Wildman–Crippen MR) is 80.0 cm³/mol. The summed E-state index contributed by atoms with van der Waals surface area (Å²) >= 11 is 0. The van der Waals surface area contributed by atoms with E-state index in [0.717, 1.165) is 23.7 Å². The molecule has 0 bridgehead atoms. The number of aryl methyl sites for hydroxylation is 1. The average Bonchev–Trinajstić information content (AvgIpc) is 2.75. The van der Waals surface area contributed by atoms with E-state index in [1.54, 1.807) is 11.5 Å². The number of aromatic hydroxyl groups is 1. The Morgan fingerprint density at radius 3 is 2.81 bits per heavy atom. The number of unbranched alkanes of at least 4 members (excludes halogenated alkanes) is 1. The van der Waals surface area contributed by atoms with Crippen LogP contribution in [0, 0.1) is 0 Å². The van der Waals surface area contributed by atoms with Gasteiger partial charge in [-0.3, -0.25) is 0 Å². The fraction of sp³-hybridized carbons (Fsp3) is 0.400. The smallest absolute Gasteiger partial charge is 0.452 e. The summed E-state index contributed by atoms with van der Waals surface area (Å²) in [5, 5.41) is 18.4. The summed E-state index contributed by atoms with van der Waals surface area (Å²) in [5.74, 6) is 0.0256. The lowest BCUT2D eigenvalue weighted by Gasteiger charge is -2.05. The topological polar surface area (TPSA) is 76.2 Å². The molecule has 0 fully saturated rings. The molecular formula is C15H19N3O3. The molecule has 0 saturated heterocycles. The molecule has 6 nitrogen and oxygen atoms in total. The second-order valence-electron chi connectivity index (χ2n) is 4.59. The van der Waals surface area contributed by atoms with Crippen LogP contribution in [0.25, 0.3) is 10.9 Å². The van der Waals surface area contributed by atoms with Crippen molar-refractivity contribution in [1.29, 1.82) is 0 Å². The molecule has 0 aliphatic heterocycles. The summed E-state index contributed by atoms with van der Waals surface area (Å²) in [4.78, 5) is 11.3. The van der Waals surface area contributed by atoms with Crippen LogP contribution in [0.15, 0.2) is 34.5 Å². The number of amides is 1. The fourth-order valence-electron chi connectivity index (χ4n) is 2.16. The van der Waals surface area contributed by atoms with Gasteiger partial charge < -0.3 is 14.4 Å². The Labute approximate surface area is 123 Å². The van der Waals surface area contributed by atoms with Crippen LogP contribution in [0.3, 0.4) is 0 Å². The van der Waals surface area contributed by atoms with Crippen LogP contribution in [0.4, 0.5) is 10.5 Å². The minimum Gasteiger partial charge on any atom is -0.493 e. The van der Waals surface area contributed by atoms with Crippen molar-refractivity contribution in [1.82, 2.24) is 4.57 Å². The molecule has 2 aromatic rings. The van der Waals surface area contributed by atoms with Gasteiger partial charge in [-0.1, -0.05) is 36.7 Å². The second-order valence-corrected chi connectivity index (χ2v) is 4.59. The Hall–Kier alpha value is -2.37. The minimum absolute atomic E-state index is 0.0256. The van der Waals surface area contributed by atoms with Gasteiger partial charge in [0, 0.05) is 11.9 Å². The second kappa shape index (κ2) is 6.88. The number of carbonyl (C=O) groups is 1. The van der Waals surface area contributed by atoms with Crippen molar-refractivity contribution >= 4 is 22.7 Å². The van der Waals surface area contributed by atoms with Crippen molar-refractivity contribution < 1.29 is 14.6 Å². The molecule has 21 heavy (non-hydrogen) atoms. The highest BCUT2D eigenvalue weighted by atomic mass is 16.5. The molecule has 0 aliphatic carbocycles. The Balaban J connectivity index is 2.43. The summed E-state index contributed by atoms with van der Waals surface area (Å²) in [6.45, 7) is 4.71. The van der Waals surface area contributed by atoms with E-state index in [4.69, 9.17) is 4.74 Å². The third-order valence-electron chi connectivity index (χ3n) is 3.15. The number of fused-ring (bicyclic) bond motifs is 1. The van der Waals surface area contributed by atoms with Crippen molar-refractivity contribution in [2.75, 3.05) is 6.61 Å². The largest absolute Gasteiger partial charge is 0.493 e. The first kappa shape index (κ1) is 15.0. The zero-order valence-electron chi connectivity index (χ0n) is 12.2. The number of ether oxygens (including phenoxy) is 1. The number of hydrogen-bond acceptors (Lipinski definition) is 4. The number of azo groups is 1. The Kier molecular flexibility index (Phi) is 4.92. The maximum atomic E-state index is 11.3. The van der Waals surface area contributed by atoms with Crippen molar-refractivity contribution in [3.8, 4) is 5.88 Å². The van der Waals surface area contributed by atoms with Crippen LogP contribution in [0.1, 0.15) is 26.7 Å². The average molecular weight is 289 g/mol. The SMILES string of the molecule is CCCCn1c(O)c(N=NC(=O)OCC)c2ccccc21. The molecule has 0 radical (unpaired) electrons. The van der Waals surface area contributed by atoms with Gasteiger partial charge in [-0.05, 0) is 19.4 Å². The summed E-state index contributed by atoms with van der Waals surface area (Å²) < 4.78 is 6.49. The molecule has 1 heterocycles. The number of hydrogen-bond donors (Lipinski definition) is 1. The van der Waals surface area contributed by atoms with Crippen molar-refractivity contribution in [2.24, 2.45) is 10.2 Å². The summed E-state index contributed by atoms with van der Waals surface area (Å²) in [5.41, 5.74) is 1.18. The molecular weight excluding hydrogens is 270 g/mol. The molecule has 1 amide bonds. The molecule has 2 rings (SSSR count). The highest BCUT2D eigenvalue weighted by Crippen LogP contribution is 2.38. The van der Waals surface area contributed by atoms with Gasteiger partial charge in [-0.15, -0.1) is 5.11 Å². The van der Waals surface area contributed by atoms with E-state index in [9.17, 15) is 9.90 Å². The lowest BCUT2D eigenvalue weighted by atomic mass is 10.2. The van der Waals surface area contributed by atoms with Crippen molar-refractivity contribution in [3.63, 3.8) is 0 Å². The molecule has 0 aliphatic rings. The van der Waals surface area contributed by atoms with Gasteiger partial charge in [-0.25, -0.2) is 4.79 Å². The van der Waals surface area contributed by atoms with E-state index in [1.807, 2.05) is 24.3 Å². The van der Waals surface area contributed by atoms with E-state index in [-0.39, 0.29) is 12.5 Å². The van der Waals surface area contributed by atoms with Crippen LogP contribution in [0.2, 0.25) is 0 Å². The van der Waals surface area contributed by atoms with E-state index >= 15 is 0 Å². The standard InChI is InChI=1S/C15H19N3O3/c1-3-5-10-18-12-9-7-6-8-11(12)13(14(18)19)16-17-15(20)21-4-2/h6-9,19H,3-5,10H2,1-2H3. The molecule has 6 heteroatoms. The van der Waals surface area contributed by atoms with Gasteiger partial charge in [0.2, 0.25) is 5.88 Å². The fourth-order valence-corrected chi connectivity index (χ4v) is 2.16. The van der Waals surface area contributed by atoms with Gasteiger partial charge in [0.1, 0.15) is 0 Å². The van der Waals surface area contributed by atoms with Crippen LogP contribution in [0.5, 0.6) is 5.88 Å². The minimum atomic E-state index is -0.762. The van der Waals surface area contributed by atoms with Gasteiger partial charge in [-0.2, -0.15) is 0 Å². The van der Waals surface area contributed by atoms with Gasteiger partial charge in [0.25, 0.3) is 0 Å². The quantitative estimate of drug-likeness (QED) is 0.829. The van der Waals surface area contributed by atoms with E-state index in [0.29, 0.717) is 12.2 Å². The Morgan fingerprint density at radius 1 is 1.33 bits per heavy atom. The van der Waals surface area contributed by atoms with Crippen molar-refractivity contribution in [3.05, 3.63) is 24.3 Å². The van der Waals surface area contributed by atoms with Gasteiger partial charge in [0.15, 0.2) is 5.69 Å². The predicted octanol–water partition coefficient (Wildman–Crippen LogP) is 4.39. The number of nitrogens with zero attached hydrogens (tertiary/aromatic N) is 3. The monoisotopic (exact) mass is 289 g/mol. The van der Waals surface area contributed by atoms with E-state index in [2.05, 4.69) is 17.2 Å². The molecule has 112 valence electrons. The van der Waals surface area contributed by atoms with Gasteiger partial charge in [0.05, 0.1) is 12.1 Å². The molecule has 1 aromatic heterocycles. The molecule has 0 unspecified atom stereocenters. The van der Waals surface area contributed by atoms with Gasteiger partial charge >= 0.3 is 6.09 Å². The van der Waals surface area contributed by atoms with Crippen LogP contribution in [-0.4, -0.2) is 22.4 Å². The first-order valence-electron chi connectivity index (χ1n) is 7.07. The van der Waals surface area contributed by atoms with E-state index in [1.165, 1.54) is 0 Å². The maximum Gasteiger partial charge on any atom is 0.452 e. The summed E-state index contributed by atoms with van der Waals surface area (Å²) in [6.07, 6.45) is 1.20. The number of rotatable bonds is 5. The molecule has 0 atom stereocenters. The van der Waals surface area contributed by atoms with E-state index < -0.39 is 6.09 Å². The summed E-state index contributed by atoms with van der Waals surface area (Å²) in [6, 6.07) is 7.51. The zero-order chi connectivity index (χ0) is 15.2. The first-order valence-corrected chi connectivity index (χ1v) is 7.07. The van der Waals surface area contributed by atoms with Crippen LogP contribution >= 0.6 is 0 Å². The maximum absolute atomic E-state index is 11.3. The molecule has 1 N–H and O–H groups in total. The molecule has 1 aromatic carbocycles. The van der Waals surface area contributed by atoms with Crippen LogP contribution < -0.4 is 0 Å². The molecule has 0 saturated carbocycles. The first-order chi connectivity index (χ1) is 10.2. The lowest BCUT2D eigenvalue weighted by Crippen LogP contribution is -1.96. The lowest BCUT2D eigenvalue weighted by molar-refractivity contribution is 0.162. The van der Waals surface area contributed by atoms with Crippen molar-refractivity contribution in [2.45, 2.75) is 33.2 Å². The number of carbonyl (C=O) groups excluding carboxylic acids is 1. The highest BCUT2D eigenvalue weighted by molar-refractivity contribution is 5.95. The number of aromatic nitrogens is 1. The highest BCUT2D eigenvalue weighted by Gasteiger charge is 2.16. The Morgan fingerprint density at radius 2 is 2.10 bits per heavy atom.